The maximum Gasteiger partial charge on any atom is 0.263 e. The fraction of sp³-hybridized carbons (Fsp3) is 0.240. The largest absolute Gasteiger partial charge is 0.383 e. The lowest BCUT2D eigenvalue weighted by Gasteiger charge is -2.14. The van der Waals surface area contributed by atoms with Crippen LogP contribution in [0.3, 0.4) is 0 Å². The minimum absolute atomic E-state index is 0.0516. The Bertz CT molecular complexity index is 1600. The number of fused-ring (bicyclic) bond motifs is 1. The number of benzene rings is 2. The van der Waals surface area contributed by atoms with Crippen LogP contribution in [0.1, 0.15) is 23.2 Å². The molecule has 5 rings (SSSR count). The van der Waals surface area contributed by atoms with E-state index in [1.54, 1.807) is 30.5 Å². The smallest absolute Gasteiger partial charge is 0.263 e. The number of aromatic nitrogens is 3. The molecule has 0 bridgehead atoms. The predicted octanol–water partition coefficient (Wildman–Crippen LogP) is 3.91. The Labute approximate surface area is 229 Å². The number of carbonyl (C=O) groups excluding carboxylic acids is 1. The van der Waals surface area contributed by atoms with Gasteiger partial charge in [-0.1, -0.05) is 41.4 Å². The lowest BCUT2D eigenvalue weighted by Crippen LogP contribution is -2.33. The first-order valence-electron chi connectivity index (χ1n) is 11.9. The molecule has 10 nitrogen and oxygen atoms in total. The monoisotopic (exact) mass is 573 g/mol. The number of hydrogen-bond donors (Lipinski definition) is 3. The molecule has 4 N–H and O–H groups in total. The molecular formula is C25H25Cl2N7O3S. The van der Waals surface area contributed by atoms with Crippen LogP contribution in [0.4, 0.5) is 11.5 Å². The Morgan fingerprint density at radius 1 is 1.05 bits per heavy atom. The number of amides is 1. The third kappa shape index (κ3) is 5.28. The van der Waals surface area contributed by atoms with Gasteiger partial charge < -0.3 is 16.0 Å². The summed E-state index contributed by atoms with van der Waals surface area (Å²) in [6, 6.07) is 11.0. The van der Waals surface area contributed by atoms with Crippen molar-refractivity contribution in [2.24, 2.45) is 0 Å². The van der Waals surface area contributed by atoms with E-state index in [4.69, 9.17) is 28.9 Å². The topological polar surface area (TPSA) is 135 Å². The molecule has 1 aliphatic rings. The molecule has 1 amide bonds. The normalized spacial score (nSPS) is 14.2. The number of carbonyl (C=O) groups is 1. The highest BCUT2D eigenvalue weighted by atomic mass is 35.5. The molecule has 1 aliphatic heterocycles. The summed E-state index contributed by atoms with van der Waals surface area (Å²) in [7, 11) is -3.96. The van der Waals surface area contributed by atoms with Crippen LogP contribution in [0.5, 0.6) is 0 Å². The standard InChI is InChI=1S/C25H25Cl2N7O3S/c26-20-4-3-5-21(22(20)27)38(36,37)32-17-8-6-16(7-9-17)18-14-30-24-19(15-31-34(24)23(18)28)25(35)29-10-13-33-11-1-2-12-33/h3-9,14-15,32H,1-2,10-13,28H2,(H,29,35). The minimum Gasteiger partial charge on any atom is -0.383 e. The molecule has 1 saturated heterocycles. The minimum atomic E-state index is -3.96. The number of sulfonamides is 1. The quantitative estimate of drug-likeness (QED) is 0.291. The zero-order valence-corrected chi connectivity index (χ0v) is 22.5. The average molecular weight is 574 g/mol. The first kappa shape index (κ1) is 26.2. The van der Waals surface area contributed by atoms with Crippen LogP contribution in [-0.2, 0) is 10.0 Å². The molecule has 198 valence electrons. The average Bonchev–Trinajstić information content (AvgIpc) is 3.57. The van der Waals surface area contributed by atoms with E-state index in [-0.39, 0.29) is 20.8 Å². The van der Waals surface area contributed by atoms with Crippen molar-refractivity contribution in [1.82, 2.24) is 24.8 Å². The lowest BCUT2D eigenvalue weighted by atomic mass is 10.1. The Morgan fingerprint density at radius 2 is 1.79 bits per heavy atom. The third-order valence-electron chi connectivity index (χ3n) is 6.37. The summed E-state index contributed by atoms with van der Waals surface area (Å²) in [4.78, 5) is 19.4. The van der Waals surface area contributed by atoms with Crippen LogP contribution < -0.4 is 15.8 Å². The van der Waals surface area contributed by atoms with Crippen LogP contribution in [0.25, 0.3) is 16.8 Å². The first-order chi connectivity index (χ1) is 18.2. The van der Waals surface area contributed by atoms with Gasteiger partial charge in [-0.15, -0.1) is 0 Å². The van der Waals surface area contributed by atoms with Gasteiger partial charge in [0.2, 0.25) is 0 Å². The van der Waals surface area contributed by atoms with Gasteiger partial charge in [-0.2, -0.15) is 9.61 Å². The van der Waals surface area contributed by atoms with E-state index in [0.29, 0.717) is 40.4 Å². The van der Waals surface area contributed by atoms with E-state index < -0.39 is 10.0 Å². The first-order valence-corrected chi connectivity index (χ1v) is 14.2. The molecule has 0 atom stereocenters. The summed E-state index contributed by atoms with van der Waals surface area (Å²) in [6.07, 6.45) is 5.41. The Kier molecular flexibility index (Phi) is 7.44. The molecule has 13 heteroatoms. The van der Waals surface area contributed by atoms with Crippen LogP contribution in [0, 0.1) is 0 Å². The van der Waals surface area contributed by atoms with E-state index in [0.717, 1.165) is 19.6 Å². The van der Waals surface area contributed by atoms with E-state index in [2.05, 4.69) is 25.0 Å². The van der Waals surface area contributed by atoms with Gasteiger partial charge in [-0.25, -0.2) is 13.4 Å². The summed E-state index contributed by atoms with van der Waals surface area (Å²) in [6.45, 7) is 3.49. The fourth-order valence-electron chi connectivity index (χ4n) is 4.38. The summed E-state index contributed by atoms with van der Waals surface area (Å²) in [5.74, 6) is 0.0421. The van der Waals surface area contributed by atoms with E-state index >= 15 is 0 Å². The predicted molar refractivity (Wildman–Crippen MR) is 148 cm³/mol. The summed E-state index contributed by atoms with van der Waals surface area (Å²) >= 11 is 12.0. The van der Waals surface area contributed by atoms with Crippen LogP contribution in [0.2, 0.25) is 10.0 Å². The highest BCUT2D eigenvalue weighted by molar-refractivity contribution is 7.92. The molecule has 0 saturated carbocycles. The van der Waals surface area contributed by atoms with Gasteiger partial charge in [-0.05, 0) is 55.8 Å². The van der Waals surface area contributed by atoms with Crippen LogP contribution in [-0.4, -0.2) is 60.0 Å². The van der Waals surface area contributed by atoms with Crippen molar-refractivity contribution in [1.29, 1.82) is 0 Å². The van der Waals surface area contributed by atoms with Gasteiger partial charge >= 0.3 is 0 Å². The molecule has 1 fully saturated rings. The van der Waals surface area contributed by atoms with Crippen molar-refractivity contribution in [2.45, 2.75) is 17.7 Å². The van der Waals surface area contributed by atoms with Crippen molar-refractivity contribution in [3.63, 3.8) is 0 Å². The fourth-order valence-corrected chi connectivity index (χ4v) is 6.20. The van der Waals surface area contributed by atoms with E-state index in [1.807, 2.05) is 0 Å². The van der Waals surface area contributed by atoms with Crippen molar-refractivity contribution in [3.05, 3.63) is 70.5 Å². The molecule has 0 spiro atoms. The van der Waals surface area contributed by atoms with Crippen molar-refractivity contribution >= 4 is 56.3 Å². The summed E-state index contributed by atoms with van der Waals surface area (Å²) < 4.78 is 29.5. The Morgan fingerprint density at radius 3 is 2.53 bits per heavy atom. The molecule has 0 radical (unpaired) electrons. The Balaban J connectivity index is 1.32. The SMILES string of the molecule is Nc1c(-c2ccc(NS(=O)(=O)c3cccc(Cl)c3Cl)cc2)cnc2c(C(=O)NCCN3CCCC3)cnn12. The zero-order chi connectivity index (χ0) is 26.9. The van der Waals surface area contributed by atoms with E-state index in [1.165, 1.54) is 41.8 Å². The number of halogens is 2. The highest BCUT2D eigenvalue weighted by Crippen LogP contribution is 2.31. The van der Waals surface area contributed by atoms with Crippen LogP contribution >= 0.6 is 23.2 Å². The molecule has 0 unspecified atom stereocenters. The number of nitrogens with one attached hydrogen (secondary N) is 2. The number of rotatable bonds is 8. The van der Waals surface area contributed by atoms with Gasteiger partial charge in [0.15, 0.2) is 5.65 Å². The van der Waals surface area contributed by atoms with Crippen LogP contribution in [0.15, 0.2) is 59.8 Å². The second-order valence-electron chi connectivity index (χ2n) is 8.89. The lowest BCUT2D eigenvalue weighted by molar-refractivity contribution is 0.0951. The summed E-state index contributed by atoms with van der Waals surface area (Å²) in [5.41, 5.74) is 8.66. The van der Waals surface area contributed by atoms with Crippen molar-refractivity contribution in [2.75, 3.05) is 36.6 Å². The maximum absolute atomic E-state index is 12.8. The second kappa shape index (κ2) is 10.8. The molecule has 4 aromatic rings. The van der Waals surface area contributed by atoms with Crippen molar-refractivity contribution < 1.29 is 13.2 Å². The molecule has 0 aliphatic carbocycles. The number of nitrogens with two attached hydrogens (primary N) is 1. The number of likely N-dealkylation sites (tertiary alicyclic amines) is 1. The molecule has 3 heterocycles. The number of anilines is 2. The Hall–Kier alpha value is -3.38. The maximum atomic E-state index is 12.8. The molecule has 38 heavy (non-hydrogen) atoms. The van der Waals surface area contributed by atoms with Gasteiger partial charge in [-0.3, -0.25) is 9.52 Å². The molecule has 2 aromatic carbocycles. The number of nitrogens with zero attached hydrogens (tertiary/aromatic N) is 4. The highest BCUT2D eigenvalue weighted by Gasteiger charge is 2.21. The van der Waals surface area contributed by atoms with Gasteiger partial charge in [0.05, 0.1) is 16.2 Å². The summed E-state index contributed by atoms with van der Waals surface area (Å²) in [5, 5.41) is 7.29. The van der Waals surface area contributed by atoms with Gasteiger partial charge in [0, 0.05) is 30.5 Å². The number of hydrogen-bond acceptors (Lipinski definition) is 7. The second-order valence-corrected chi connectivity index (χ2v) is 11.3. The van der Waals surface area contributed by atoms with E-state index in [9.17, 15) is 13.2 Å². The molecular weight excluding hydrogens is 549 g/mol. The van der Waals surface area contributed by atoms with Gasteiger partial charge in [0.1, 0.15) is 16.3 Å². The number of nitrogen functional groups attached to an aromatic ring is 1. The molecule has 2 aromatic heterocycles. The zero-order valence-electron chi connectivity index (χ0n) is 20.2. The van der Waals surface area contributed by atoms with Crippen molar-refractivity contribution in [3.8, 4) is 11.1 Å². The third-order valence-corrected chi connectivity index (χ3v) is 8.73. The van der Waals surface area contributed by atoms with Gasteiger partial charge in [0.25, 0.3) is 15.9 Å².